The van der Waals surface area contributed by atoms with Gasteiger partial charge in [0.15, 0.2) is 0 Å². The van der Waals surface area contributed by atoms with E-state index in [-0.39, 0.29) is 0 Å². The van der Waals surface area contributed by atoms with Crippen molar-refractivity contribution in [2.24, 2.45) is 5.92 Å². The van der Waals surface area contributed by atoms with Gasteiger partial charge in [0, 0.05) is 19.3 Å². The molecule has 1 fully saturated rings. The summed E-state index contributed by atoms with van der Waals surface area (Å²) in [4.78, 5) is 0. The van der Waals surface area contributed by atoms with Gasteiger partial charge in [-0.05, 0) is 26.3 Å². The molecule has 2 nitrogen and oxygen atoms in total. The van der Waals surface area contributed by atoms with E-state index >= 15 is 0 Å². The van der Waals surface area contributed by atoms with Crippen LogP contribution in [0, 0.1) is 12.0 Å². The van der Waals surface area contributed by atoms with Crippen molar-refractivity contribution < 1.29 is 8.85 Å². The molecular weight excluding hydrogens is 192 g/mol. The molecule has 1 aliphatic rings. The van der Waals surface area contributed by atoms with E-state index < -0.39 is 8.56 Å². The van der Waals surface area contributed by atoms with Crippen molar-refractivity contribution in [2.45, 2.75) is 46.1 Å². The Bertz CT molecular complexity index is 149. The Morgan fingerprint density at radius 3 is 2.07 bits per heavy atom. The highest BCUT2D eigenvalue weighted by Crippen LogP contribution is 2.31. The highest BCUT2D eigenvalue weighted by atomic mass is 28.4. The van der Waals surface area contributed by atoms with E-state index in [0.29, 0.717) is 0 Å². The van der Waals surface area contributed by atoms with Crippen molar-refractivity contribution in [1.29, 1.82) is 0 Å². The monoisotopic (exact) mass is 215 g/mol. The molecule has 0 aromatic rings. The quantitative estimate of drug-likeness (QED) is 0.634. The van der Waals surface area contributed by atoms with Crippen LogP contribution < -0.4 is 0 Å². The van der Waals surface area contributed by atoms with Crippen LogP contribution in [0.25, 0.3) is 0 Å². The van der Waals surface area contributed by atoms with E-state index in [4.69, 9.17) is 8.85 Å². The van der Waals surface area contributed by atoms with Crippen LogP contribution in [0.2, 0.25) is 6.55 Å². The topological polar surface area (TPSA) is 18.5 Å². The lowest BCUT2D eigenvalue weighted by atomic mass is 10.1. The minimum atomic E-state index is -1.94. The molecule has 1 saturated carbocycles. The fraction of sp³-hybridized carbons (Fsp3) is 0.909. The van der Waals surface area contributed by atoms with Crippen molar-refractivity contribution in [3.63, 3.8) is 0 Å². The molecule has 0 heterocycles. The molecule has 0 N–H and O–H groups in total. The summed E-state index contributed by atoms with van der Waals surface area (Å²) in [6.45, 7) is 7.80. The van der Waals surface area contributed by atoms with Crippen molar-refractivity contribution in [1.82, 2.24) is 0 Å². The molecule has 1 radical (unpaired) electrons. The van der Waals surface area contributed by atoms with E-state index in [1.54, 1.807) is 0 Å². The summed E-state index contributed by atoms with van der Waals surface area (Å²) in [5.41, 5.74) is 0. The van der Waals surface area contributed by atoms with E-state index in [9.17, 15) is 0 Å². The minimum absolute atomic E-state index is 0.754. The molecule has 0 unspecified atom stereocenters. The molecule has 1 rings (SSSR count). The summed E-state index contributed by atoms with van der Waals surface area (Å²) < 4.78 is 11.6. The van der Waals surface area contributed by atoms with Crippen LogP contribution in [0.1, 0.15) is 39.5 Å². The molecule has 0 bridgehead atoms. The lowest BCUT2D eigenvalue weighted by Crippen LogP contribution is -2.41. The van der Waals surface area contributed by atoms with Gasteiger partial charge in [-0.15, -0.1) is 0 Å². The summed E-state index contributed by atoms with van der Waals surface area (Å²) in [5, 5.41) is 0. The summed E-state index contributed by atoms with van der Waals surface area (Å²) in [6.07, 6.45) is 5.43. The van der Waals surface area contributed by atoms with Gasteiger partial charge >= 0.3 is 8.56 Å². The van der Waals surface area contributed by atoms with Gasteiger partial charge in [-0.25, -0.2) is 0 Å². The Balaban J connectivity index is 2.39. The molecule has 3 heteroatoms. The summed E-state index contributed by atoms with van der Waals surface area (Å²) in [5.74, 6) is 0.754. The van der Waals surface area contributed by atoms with Gasteiger partial charge < -0.3 is 8.85 Å². The predicted octanol–water partition coefficient (Wildman–Crippen LogP) is 3.07. The molecular formula is C11H23O2Si. The van der Waals surface area contributed by atoms with Crippen LogP contribution in [0.3, 0.4) is 0 Å². The third-order valence-corrected chi connectivity index (χ3v) is 5.60. The third kappa shape index (κ3) is 3.71. The molecule has 0 aromatic heterocycles. The highest BCUT2D eigenvalue weighted by Gasteiger charge is 2.35. The summed E-state index contributed by atoms with van der Waals surface area (Å²) >= 11 is 0. The fourth-order valence-corrected chi connectivity index (χ4v) is 4.88. The van der Waals surface area contributed by atoms with Gasteiger partial charge in [0.2, 0.25) is 0 Å². The van der Waals surface area contributed by atoms with E-state index in [1.807, 2.05) is 13.8 Å². The van der Waals surface area contributed by atoms with Gasteiger partial charge in [-0.2, -0.15) is 0 Å². The van der Waals surface area contributed by atoms with Gasteiger partial charge in [0.1, 0.15) is 0 Å². The zero-order valence-electron chi connectivity index (χ0n) is 9.71. The van der Waals surface area contributed by atoms with Crippen molar-refractivity contribution in [3.8, 4) is 0 Å². The SMILES string of the molecule is CCO[Si](C)([CH]C1CCCC1)OCC. The smallest absolute Gasteiger partial charge is 0.338 e. The Labute approximate surface area is 89.2 Å². The average molecular weight is 215 g/mol. The van der Waals surface area contributed by atoms with E-state index in [2.05, 4.69) is 12.6 Å². The van der Waals surface area contributed by atoms with Crippen molar-refractivity contribution in [2.75, 3.05) is 13.2 Å². The fourth-order valence-electron chi connectivity index (χ4n) is 2.26. The Morgan fingerprint density at radius 2 is 1.64 bits per heavy atom. The van der Waals surface area contributed by atoms with E-state index in [0.717, 1.165) is 19.1 Å². The lowest BCUT2D eigenvalue weighted by molar-refractivity contribution is 0.193. The molecule has 0 saturated heterocycles. The maximum Gasteiger partial charge on any atom is 0.338 e. The first-order valence-corrected chi connectivity index (χ1v) is 8.23. The molecule has 0 spiro atoms. The van der Waals surface area contributed by atoms with Crippen LogP contribution in [0.5, 0.6) is 0 Å². The standard InChI is InChI=1S/C11H23O2Si/c1-4-12-14(3,13-5-2)10-11-8-6-7-9-11/h10-11H,4-9H2,1-3H3. The van der Waals surface area contributed by atoms with Gasteiger partial charge in [-0.1, -0.05) is 25.7 Å². The zero-order chi connectivity index (χ0) is 10.4. The maximum absolute atomic E-state index is 5.79. The second-order valence-electron chi connectivity index (χ2n) is 4.09. The third-order valence-electron chi connectivity index (χ3n) is 2.80. The van der Waals surface area contributed by atoms with Crippen LogP contribution >= 0.6 is 0 Å². The molecule has 1 aliphatic carbocycles. The predicted molar refractivity (Wildman–Crippen MR) is 61.1 cm³/mol. The minimum Gasteiger partial charge on any atom is -0.394 e. The van der Waals surface area contributed by atoms with Crippen LogP contribution in [0.15, 0.2) is 0 Å². The largest absolute Gasteiger partial charge is 0.394 e. The summed E-state index contributed by atoms with van der Waals surface area (Å²) in [7, 11) is -1.94. The first-order valence-electron chi connectivity index (χ1n) is 5.84. The molecule has 14 heavy (non-hydrogen) atoms. The Hall–Kier alpha value is 0.137. The molecule has 0 aromatic carbocycles. The first-order chi connectivity index (χ1) is 6.70. The van der Waals surface area contributed by atoms with Gasteiger partial charge in [0.25, 0.3) is 0 Å². The lowest BCUT2D eigenvalue weighted by Gasteiger charge is -2.28. The Morgan fingerprint density at radius 1 is 1.14 bits per heavy atom. The van der Waals surface area contributed by atoms with Crippen LogP contribution in [0.4, 0.5) is 0 Å². The molecule has 0 aliphatic heterocycles. The van der Waals surface area contributed by atoms with Crippen LogP contribution in [-0.4, -0.2) is 21.8 Å². The first kappa shape index (κ1) is 12.2. The van der Waals surface area contributed by atoms with Gasteiger partial charge in [0.05, 0.1) is 0 Å². The maximum atomic E-state index is 5.79. The normalized spacial score (nSPS) is 19.1. The second kappa shape index (κ2) is 5.88. The van der Waals surface area contributed by atoms with Crippen molar-refractivity contribution in [3.05, 3.63) is 6.04 Å². The molecule has 83 valence electrons. The number of rotatable bonds is 6. The van der Waals surface area contributed by atoms with Crippen molar-refractivity contribution >= 4 is 8.56 Å². The average Bonchev–Trinajstić information content (AvgIpc) is 2.57. The number of hydrogen-bond donors (Lipinski definition) is 0. The summed E-state index contributed by atoms with van der Waals surface area (Å²) in [6, 6.07) is 2.40. The van der Waals surface area contributed by atoms with E-state index in [1.165, 1.54) is 25.7 Å². The molecule has 0 atom stereocenters. The van der Waals surface area contributed by atoms with Crippen LogP contribution in [-0.2, 0) is 8.85 Å². The second-order valence-corrected chi connectivity index (χ2v) is 7.04. The number of hydrogen-bond acceptors (Lipinski definition) is 2. The highest BCUT2D eigenvalue weighted by molar-refractivity contribution is 6.69. The molecule has 0 amide bonds. The zero-order valence-corrected chi connectivity index (χ0v) is 10.7. The Kier molecular flexibility index (Phi) is 5.13. The van der Waals surface area contributed by atoms with Gasteiger partial charge in [-0.3, -0.25) is 0 Å².